The molecule has 0 aromatic heterocycles. The number of carbonyl (C=O) groups excluding carboxylic acids is 1. The molecule has 27 heavy (non-hydrogen) atoms. The van der Waals surface area contributed by atoms with E-state index < -0.39 is 0 Å². The van der Waals surface area contributed by atoms with Gasteiger partial charge in [-0.2, -0.15) is 5.10 Å². The molecule has 2 N–H and O–H groups in total. The summed E-state index contributed by atoms with van der Waals surface area (Å²) in [7, 11) is 0. The van der Waals surface area contributed by atoms with E-state index >= 15 is 0 Å². The van der Waals surface area contributed by atoms with E-state index in [0.29, 0.717) is 17.0 Å². The summed E-state index contributed by atoms with van der Waals surface area (Å²) < 4.78 is 5.68. The van der Waals surface area contributed by atoms with Crippen LogP contribution in [0.25, 0.3) is 11.1 Å². The van der Waals surface area contributed by atoms with Crippen LogP contribution in [0.15, 0.2) is 84.0 Å². The average molecular weight is 360 g/mol. The number of ether oxygens (including phenoxy) is 1. The number of amides is 1. The molecule has 0 saturated heterocycles. The van der Waals surface area contributed by atoms with Crippen molar-refractivity contribution in [3.63, 3.8) is 0 Å². The van der Waals surface area contributed by atoms with Crippen molar-refractivity contribution in [3.8, 4) is 22.6 Å². The first-order valence-corrected chi connectivity index (χ1v) is 8.54. The first-order chi connectivity index (χ1) is 13.1. The van der Waals surface area contributed by atoms with Gasteiger partial charge >= 0.3 is 0 Å². The van der Waals surface area contributed by atoms with Gasteiger partial charge in [0, 0.05) is 11.1 Å². The summed E-state index contributed by atoms with van der Waals surface area (Å²) in [5.74, 6) is 0.355. The molecule has 3 rings (SSSR count). The molecule has 136 valence electrons. The van der Waals surface area contributed by atoms with Gasteiger partial charge in [-0.15, -0.1) is 0 Å². The number of rotatable bonds is 6. The molecule has 1 amide bonds. The zero-order chi connectivity index (χ0) is 19.1. The fourth-order valence-corrected chi connectivity index (χ4v) is 2.61. The molecule has 0 aliphatic heterocycles. The third-order valence-electron chi connectivity index (χ3n) is 3.97. The molecular weight excluding hydrogens is 340 g/mol. The highest BCUT2D eigenvalue weighted by atomic mass is 16.5. The highest BCUT2D eigenvalue weighted by Gasteiger charge is 2.09. The number of phenols is 1. The average Bonchev–Trinajstić information content (AvgIpc) is 2.71. The van der Waals surface area contributed by atoms with Crippen LogP contribution in [-0.2, 0) is 4.79 Å². The Morgan fingerprint density at radius 2 is 1.63 bits per heavy atom. The number of para-hydroxylation sites is 2. The van der Waals surface area contributed by atoms with Crippen molar-refractivity contribution in [3.05, 3.63) is 84.4 Å². The highest BCUT2D eigenvalue weighted by Crippen LogP contribution is 2.29. The molecule has 3 aromatic carbocycles. The molecule has 0 radical (unpaired) electrons. The number of carbonyl (C=O) groups is 1. The second-order valence-corrected chi connectivity index (χ2v) is 5.90. The molecule has 0 bridgehead atoms. The molecule has 0 atom stereocenters. The SMILES string of the molecule is C/C(=N/NC(=O)COc1ccccc1-c1ccccc1)c1ccccc1O. The summed E-state index contributed by atoms with van der Waals surface area (Å²) in [6, 6.07) is 24.2. The standard InChI is InChI=1S/C22H20N2O3/c1-16(18-11-5-7-13-20(18)25)23-24-22(26)15-27-21-14-8-6-12-19(21)17-9-3-2-4-10-17/h2-14,25H,15H2,1H3,(H,24,26)/b23-16-. The molecule has 5 nitrogen and oxygen atoms in total. The van der Waals surface area contributed by atoms with Crippen molar-refractivity contribution in [2.45, 2.75) is 6.92 Å². The molecule has 0 saturated carbocycles. The Kier molecular flexibility index (Phi) is 5.84. The fraction of sp³-hybridized carbons (Fsp3) is 0.0909. The number of nitrogens with zero attached hydrogens (tertiary/aromatic N) is 1. The molecule has 0 unspecified atom stereocenters. The molecule has 0 aliphatic carbocycles. The van der Waals surface area contributed by atoms with Crippen molar-refractivity contribution in [1.82, 2.24) is 5.43 Å². The lowest BCUT2D eigenvalue weighted by molar-refractivity contribution is -0.123. The van der Waals surface area contributed by atoms with Gasteiger partial charge in [-0.1, -0.05) is 60.7 Å². The van der Waals surface area contributed by atoms with E-state index in [2.05, 4.69) is 10.5 Å². The van der Waals surface area contributed by atoms with Gasteiger partial charge in [0.2, 0.25) is 0 Å². The van der Waals surface area contributed by atoms with E-state index in [-0.39, 0.29) is 18.3 Å². The van der Waals surface area contributed by atoms with Gasteiger partial charge in [-0.25, -0.2) is 5.43 Å². The monoisotopic (exact) mass is 360 g/mol. The number of aromatic hydroxyl groups is 1. The summed E-state index contributed by atoms with van der Waals surface area (Å²) in [5, 5.41) is 13.8. The summed E-state index contributed by atoms with van der Waals surface area (Å²) in [6.45, 7) is 1.54. The van der Waals surface area contributed by atoms with E-state index in [0.717, 1.165) is 11.1 Å². The number of phenolic OH excluding ortho intramolecular Hbond substituents is 1. The minimum Gasteiger partial charge on any atom is -0.507 e. The van der Waals surface area contributed by atoms with Crippen LogP contribution in [0.2, 0.25) is 0 Å². The van der Waals surface area contributed by atoms with Gasteiger partial charge in [0.15, 0.2) is 6.61 Å². The van der Waals surface area contributed by atoms with Crippen LogP contribution in [0, 0.1) is 0 Å². The number of nitrogens with one attached hydrogen (secondary N) is 1. The Morgan fingerprint density at radius 1 is 0.963 bits per heavy atom. The van der Waals surface area contributed by atoms with Crippen LogP contribution in [0.4, 0.5) is 0 Å². The van der Waals surface area contributed by atoms with Crippen LogP contribution in [0.3, 0.4) is 0 Å². The van der Waals surface area contributed by atoms with E-state index in [4.69, 9.17) is 4.74 Å². The van der Waals surface area contributed by atoms with Crippen LogP contribution < -0.4 is 10.2 Å². The fourth-order valence-electron chi connectivity index (χ4n) is 2.61. The number of hydrogen-bond acceptors (Lipinski definition) is 4. The Morgan fingerprint density at radius 3 is 2.41 bits per heavy atom. The van der Waals surface area contributed by atoms with Crippen molar-refractivity contribution in [2.24, 2.45) is 5.10 Å². The summed E-state index contributed by atoms with van der Waals surface area (Å²) in [4.78, 5) is 12.1. The first kappa shape index (κ1) is 18.2. The van der Waals surface area contributed by atoms with Gasteiger partial charge in [0.25, 0.3) is 5.91 Å². The van der Waals surface area contributed by atoms with Crippen molar-refractivity contribution in [1.29, 1.82) is 0 Å². The number of hydrazone groups is 1. The third-order valence-corrected chi connectivity index (χ3v) is 3.97. The van der Waals surface area contributed by atoms with Crippen molar-refractivity contribution < 1.29 is 14.6 Å². The Bertz CT molecular complexity index is 953. The molecule has 0 heterocycles. The quantitative estimate of drug-likeness (QED) is 0.516. The Hall–Kier alpha value is -3.60. The molecule has 0 spiro atoms. The predicted molar refractivity (Wildman–Crippen MR) is 106 cm³/mol. The second kappa shape index (κ2) is 8.67. The minimum absolute atomic E-state index is 0.112. The third kappa shape index (κ3) is 4.73. The molecule has 3 aromatic rings. The predicted octanol–water partition coefficient (Wildman–Crippen LogP) is 3.98. The van der Waals surface area contributed by atoms with Crippen LogP contribution in [0.5, 0.6) is 11.5 Å². The largest absolute Gasteiger partial charge is 0.507 e. The molecule has 0 fully saturated rings. The second-order valence-electron chi connectivity index (χ2n) is 5.90. The van der Waals surface area contributed by atoms with Crippen molar-refractivity contribution in [2.75, 3.05) is 6.61 Å². The van der Waals surface area contributed by atoms with Crippen LogP contribution in [0.1, 0.15) is 12.5 Å². The van der Waals surface area contributed by atoms with Gasteiger partial charge in [0.05, 0.1) is 5.71 Å². The Balaban J connectivity index is 1.64. The minimum atomic E-state index is -0.382. The number of benzene rings is 3. The topological polar surface area (TPSA) is 70.9 Å². The van der Waals surface area contributed by atoms with Crippen molar-refractivity contribution >= 4 is 11.6 Å². The lowest BCUT2D eigenvalue weighted by atomic mass is 10.1. The normalized spacial score (nSPS) is 11.1. The van der Waals surface area contributed by atoms with Gasteiger partial charge in [-0.05, 0) is 30.7 Å². The van der Waals surface area contributed by atoms with Crippen LogP contribution in [-0.4, -0.2) is 23.3 Å². The summed E-state index contributed by atoms with van der Waals surface area (Å²) in [5.41, 5.74) is 5.45. The van der Waals surface area contributed by atoms with E-state index in [9.17, 15) is 9.90 Å². The van der Waals surface area contributed by atoms with E-state index in [1.807, 2.05) is 54.6 Å². The van der Waals surface area contributed by atoms with Crippen LogP contribution >= 0.6 is 0 Å². The number of hydrogen-bond donors (Lipinski definition) is 2. The zero-order valence-corrected chi connectivity index (χ0v) is 14.9. The highest BCUT2D eigenvalue weighted by molar-refractivity contribution is 6.01. The van der Waals surface area contributed by atoms with Gasteiger partial charge < -0.3 is 9.84 Å². The smallest absolute Gasteiger partial charge is 0.277 e. The maximum Gasteiger partial charge on any atom is 0.277 e. The maximum atomic E-state index is 12.1. The maximum absolute atomic E-state index is 12.1. The van der Waals surface area contributed by atoms with E-state index in [1.54, 1.807) is 31.2 Å². The molecule has 0 aliphatic rings. The lowest BCUT2D eigenvalue weighted by Gasteiger charge is -2.11. The van der Waals surface area contributed by atoms with E-state index in [1.165, 1.54) is 0 Å². The summed E-state index contributed by atoms with van der Waals surface area (Å²) >= 11 is 0. The zero-order valence-electron chi connectivity index (χ0n) is 14.9. The van der Waals surface area contributed by atoms with Gasteiger partial charge in [-0.3, -0.25) is 4.79 Å². The van der Waals surface area contributed by atoms with Gasteiger partial charge in [0.1, 0.15) is 11.5 Å². The summed E-state index contributed by atoms with van der Waals surface area (Å²) in [6.07, 6.45) is 0. The molecular formula is C22H20N2O3. The first-order valence-electron chi connectivity index (χ1n) is 8.54. The lowest BCUT2D eigenvalue weighted by Crippen LogP contribution is -2.25. The molecule has 5 heteroatoms. The Labute approximate surface area is 157 Å².